The van der Waals surface area contributed by atoms with Gasteiger partial charge < -0.3 is 10.1 Å². The number of nitrogens with one attached hydrogen (secondary N) is 1. The number of benzene rings is 2. The summed E-state index contributed by atoms with van der Waals surface area (Å²) in [4.78, 5) is 0. The molecule has 0 aliphatic rings. The second-order valence-corrected chi connectivity index (χ2v) is 5.54. The highest BCUT2D eigenvalue weighted by Crippen LogP contribution is 2.29. The van der Waals surface area contributed by atoms with Crippen LogP contribution in [0.1, 0.15) is 29.7 Å². The number of halogens is 1. The Balaban J connectivity index is 2.18. The molecule has 0 aromatic heterocycles. The largest absolute Gasteiger partial charge is 0.495 e. The van der Waals surface area contributed by atoms with Crippen molar-refractivity contribution in [2.24, 2.45) is 0 Å². The SMILES string of the molecule is COc1ccc(NC(C)c2cc(C)cc(C)c2)cc1Cl. The summed E-state index contributed by atoms with van der Waals surface area (Å²) in [7, 11) is 1.62. The van der Waals surface area contributed by atoms with E-state index in [9.17, 15) is 0 Å². The standard InChI is InChI=1S/C17H20ClNO/c1-11-7-12(2)9-14(8-11)13(3)19-15-5-6-17(20-4)16(18)10-15/h5-10,13,19H,1-4H3. The molecule has 106 valence electrons. The first-order valence-electron chi connectivity index (χ1n) is 6.68. The van der Waals surface area contributed by atoms with Crippen molar-refractivity contribution in [2.75, 3.05) is 12.4 Å². The molecule has 0 heterocycles. The van der Waals surface area contributed by atoms with Crippen molar-refractivity contribution < 1.29 is 4.74 Å². The van der Waals surface area contributed by atoms with Crippen molar-refractivity contribution in [2.45, 2.75) is 26.8 Å². The van der Waals surface area contributed by atoms with Gasteiger partial charge in [-0.05, 0) is 44.5 Å². The Bertz CT molecular complexity index is 590. The van der Waals surface area contributed by atoms with Gasteiger partial charge in [-0.15, -0.1) is 0 Å². The van der Waals surface area contributed by atoms with Gasteiger partial charge in [0.25, 0.3) is 0 Å². The predicted octanol–water partition coefficient (Wildman–Crippen LogP) is 5.14. The Kier molecular flexibility index (Phi) is 4.56. The van der Waals surface area contributed by atoms with E-state index < -0.39 is 0 Å². The lowest BCUT2D eigenvalue weighted by Crippen LogP contribution is -2.07. The highest BCUT2D eigenvalue weighted by atomic mass is 35.5. The van der Waals surface area contributed by atoms with E-state index >= 15 is 0 Å². The quantitative estimate of drug-likeness (QED) is 0.841. The fourth-order valence-electron chi connectivity index (χ4n) is 2.35. The average Bonchev–Trinajstić information content (AvgIpc) is 2.37. The predicted molar refractivity (Wildman–Crippen MR) is 86.0 cm³/mol. The number of anilines is 1. The van der Waals surface area contributed by atoms with Crippen LogP contribution in [0.2, 0.25) is 5.02 Å². The molecule has 2 aromatic carbocycles. The third-order valence-electron chi connectivity index (χ3n) is 3.28. The Morgan fingerprint density at radius 3 is 2.25 bits per heavy atom. The van der Waals surface area contributed by atoms with Gasteiger partial charge in [0.1, 0.15) is 5.75 Å². The van der Waals surface area contributed by atoms with Crippen molar-refractivity contribution in [3.63, 3.8) is 0 Å². The number of hydrogen-bond acceptors (Lipinski definition) is 2. The molecule has 0 aliphatic heterocycles. The van der Waals surface area contributed by atoms with Crippen LogP contribution < -0.4 is 10.1 Å². The minimum atomic E-state index is 0.220. The fraction of sp³-hybridized carbons (Fsp3) is 0.294. The molecule has 0 saturated heterocycles. The molecular formula is C17H20ClNO. The van der Waals surface area contributed by atoms with E-state index in [2.05, 4.69) is 44.3 Å². The normalized spacial score (nSPS) is 12.1. The van der Waals surface area contributed by atoms with Crippen LogP contribution in [-0.4, -0.2) is 7.11 Å². The Morgan fingerprint density at radius 1 is 1.05 bits per heavy atom. The summed E-state index contributed by atoms with van der Waals surface area (Å²) in [6.07, 6.45) is 0. The maximum atomic E-state index is 6.14. The zero-order chi connectivity index (χ0) is 14.7. The molecule has 0 spiro atoms. The summed E-state index contributed by atoms with van der Waals surface area (Å²) in [5.41, 5.74) is 4.82. The molecule has 2 aromatic rings. The van der Waals surface area contributed by atoms with Crippen molar-refractivity contribution >= 4 is 17.3 Å². The first kappa shape index (κ1) is 14.7. The first-order valence-corrected chi connectivity index (χ1v) is 7.05. The van der Waals surface area contributed by atoms with Gasteiger partial charge >= 0.3 is 0 Å². The van der Waals surface area contributed by atoms with Gasteiger partial charge in [0, 0.05) is 11.7 Å². The van der Waals surface area contributed by atoms with E-state index in [4.69, 9.17) is 16.3 Å². The minimum Gasteiger partial charge on any atom is -0.495 e. The summed E-state index contributed by atoms with van der Waals surface area (Å²) in [6, 6.07) is 12.5. The number of aryl methyl sites for hydroxylation is 2. The van der Waals surface area contributed by atoms with Crippen LogP contribution >= 0.6 is 11.6 Å². The van der Waals surface area contributed by atoms with Crippen LogP contribution in [0, 0.1) is 13.8 Å². The van der Waals surface area contributed by atoms with E-state index in [-0.39, 0.29) is 6.04 Å². The summed E-state index contributed by atoms with van der Waals surface area (Å²) >= 11 is 6.14. The zero-order valence-corrected chi connectivity index (χ0v) is 13.1. The molecule has 0 fully saturated rings. The molecule has 0 saturated carbocycles. The molecule has 20 heavy (non-hydrogen) atoms. The maximum absolute atomic E-state index is 6.14. The fourth-order valence-corrected chi connectivity index (χ4v) is 2.61. The molecular weight excluding hydrogens is 270 g/mol. The van der Waals surface area contributed by atoms with E-state index in [1.807, 2.05) is 18.2 Å². The van der Waals surface area contributed by atoms with Crippen LogP contribution in [0.25, 0.3) is 0 Å². The van der Waals surface area contributed by atoms with Gasteiger partial charge in [-0.25, -0.2) is 0 Å². The van der Waals surface area contributed by atoms with Crippen molar-refractivity contribution in [1.82, 2.24) is 0 Å². The number of methoxy groups -OCH3 is 1. The lowest BCUT2D eigenvalue weighted by atomic mass is 10.0. The molecule has 2 rings (SSSR count). The van der Waals surface area contributed by atoms with E-state index in [0.29, 0.717) is 10.8 Å². The summed E-state index contributed by atoms with van der Waals surface area (Å²) in [5, 5.41) is 4.08. The molecule has 1 N–H and O–H groups in total. The molecule has 1 unspecified atom stereocenters. The maximum Gasteiger partial charge on any atom is 0.137 e. The highest BCUT2D eigenvalue weighted by molar-refractivity contribution is 6.32. The van der Waals surface area contributed by atoms with Crippen LogP contribution in [0.15, 0.2) is 36.4 Å². The van der Waals surface area contributed by atoms with Crippen LogP contribution in [-0.2, 0) is 0 Å². The average molecular weight is 290 g/mol. The second kappa shape index (κ2) is 6.19. The number of ether oxygens (including phenoxy) is 1. The van der Waals surface area contributed by atoms with E-state index in [1.54, 1.807) is 7.11 Å². The van der Waals surface area contributed by atoms with Crippen molar-refractivity contribution in [3.8, 4) is 5.75 Å². The third kappa shape index (κ3) is 3.45. The first-order chi connectivity index (χ1) is 9.49. The molecule has 3 heteroatoms. The molecule has 1 atom stereocenters. The van der Waals surface area contributed by atoms with Gasteiger partial charge in [-0.3, -0.25) is 0 Å². The number of rotatable bonds is 4. The van der Waals surface area contributed by atoms with Crippen LogP contribution in [0.5, 0.6) is 5.75 Å². The van der Waals surface area contributed by atoms with Crippen molar-refractivity contribution in [1.29, 1.82) is 0 Å². The van der Waals surface area contributed by atoms with Gasteiger partial charge in [-0.2, -0.15) is 0 Å². The second-order valence-electron chi connectivity index (χ2n) is 5.14. The van der Waals surface area contributed by atoms with Gasteiger partial charge in [-0.1, -0.05) is 40.9 Å². The van der Waals surface area contributed by atoms with Gasteiger partial charge in [0.05, 0.1) is 12.1 Å². The molecule has 0 bridgehead atoms. The van der Waals surface area contributed by atoms with Gasteiger partial charge in [0.15, 0.2) is 0 Å². The molecule has 0 amide bonds. The Morgan fingerprint density at radius 2 is 1.70 bits per heavy atom. The zero-order valence-electron chi connectivity index (χ0n) is 12.3. The summed E-state index contributed by atoms with van der Waals surface area (Å²) < 4.78 is 5.16. The smallest absolute Gasteiger partial charge is 0.137 e. The van der Waals surface area contributed by atoms with Crippen LogP contribution in [0.4, 0.5) is 5.69 Å². The van der Waals surface area contributed by atoms with Crippen LogP contribution in [0.3, 0.4) is 0 Å². The minimum absolute atomic E-state index is 0.220. The van der Waals surface area contributed by atoms with Gasteiger partial charge in [0.2, 0.25) is 0 Å². The monoisotopic (exact) mass is 289 g/mol. The summed E-state index contributed by atoms with van der Waals surface area (Å²) in [6.45, 7) is 6.38. The Labute approximate surface area is 125 Å². The van der Waals surface area contributed by atoms with Crippen molar-refractivity contribution in [3.05, 3.63) is 58.1 Å². The third-order valence-corrected chi connectivity index (χ3v) is 3.57. The lowest BCUT2D eigenvalue weighted by molar-refractivity contribution is 0.415. The highest BCUT2D eigenvalue weighted by Gasteiger charge is 2.08. The molecule has 0 aliphatic carbocycles. The lowest BCUT2D eigenvalue weighted by Gasteiger charge is -2.17. The molecule has 2 nitrogen and oxygen atoms in total. The van der Waals surface area contributed by atoms with E-state index in [0.717, 1.165) is 5.69 Å². The topological polar surface area (TPSA) is 21.3 Å². The number of hydrogen-bond donors (Lipinski definition) is 1. The summed E-state index contributed by atoms with van der Waals surface area (Å²) in [5.74, 6) is 0.691. The molecule has 0 radical (unpaired) electrons. The Hall–Kier alpha value is -1.67. The van der Waals surface area contributed by atoms with E-state index in [1.165, 1.54) is 16.7 Å².